The van der Waals surface area contributed by atoms with Gasteiger partial charge < -0.3 is 9.47 Å². The standard InChI is InChI=1S/C11H19NO2/c1-2-8-5-9-3-4-10(6-8)12(9)11-13-7-14-11/h8-11H,2-7H2,1H3/t8?,9-,10+. The number of hydrogen-bond acceptors (Lipinski definition) is 3. The zero-order valence-corrected chi connectivity index (χ0v) is 8.82. The highest BCUT2D eigenvalue weighted by atomic mass is 16.9. The van der Waals surface area contributed by atoms with Gasteiger partial charge in [-0.25, -0.2) is 4.90 Å². The molecule has 2 bridgehead atoms. The van der Waals surface area contributed by atoms with Crippen LogP contribution in [0.2, 0.25) is 0 Å². The summed E-state index contributed by atoms with van der Waals surface area (Å²) in [5.74, 6) is 0.948. The van der Waals surface area contributed by atoms with Gasteiger partial charge in [-0.2, -0.15) is 0 Å². The molecule has 3 nitrogen and oxygen atoms in total. The predicted molar refractivity (Wildman–Crippen MR) is 52.5 cm³/mol. The maximum Gasteiger partial charge on any atom is 0.223 e. The molecule has 0 amide bonds. The Morgan fingerprint density at radius 3 is 2.21 bits per heavy atom. The van der Waals surface area contributed by atoms with Gasteiger partial charge in [-0.1, -0.05) is 13.3 Å². The first-order valence-electron chi connectivity index (χ1n) is 5.89. The molecule has 3 aliphatic heterocycles. The minimum Gasteiger partial charge on any atom is -0.313 e. The number of nitrogens with zero attached hydrogens (tertiary/aromatic N) is 1. The molecule has 80 valence electrons. The van der Waals surface area contributed by atoms with Gasteiger partial charge in [0.05, 0.1) is 0 Å². The lowest BCUT2D eigenvalue weighted by Gasteiger charge is -2.45. The maximum atomic E-state index is 5.42. The fraction of sp³-hybridized carbons (Fsp3) is 1.00. The van der Waals surface area contributed by atoms with Gasteiger partial charge in [0, 0.05) is 12.1 Å². The van der Waals surface area contributed by atoms with Crippen LogP contribution in [0.25, 0.3) is 0 Å². The maximum absolute atomic E-state index is 5.42. The molecule has 3 saturated heterocycles. The van der Waals surface area contributed by atoms with Gasteiger partial charge in [0.1, 0.15) is 0 Å². The monoisotopic (exact) mass is 197 g/mol. The average molecular weight is 197 g/mol. The second-order valence-corrected chi connectivity index (χ2v) is 4.84. The Balaban J connectivity index is 1.70. The van der Waals surface area contributed by atoms with Crippen LogP contribution in [-0.4, -0.2) is 30.2 Å². The molecule has 0 radical (unpaired) electrons. The van der Waals surface area contributed by atoms with E-state index in [0.717, 1.165) is 18.0 Å². The third-order valence-electron chi connectivity index (χ3n) is 4.13. The fourth-order valence-electron chi connectivity index (χ4n) is 3.30. The fourth-order valence-corrected chi connectivity index (χ4v) is 3.30. The zero-order valence-electron chi connectivity index (χ0n) is 8.82. The van der Waals surface area contributed by atoms with Crippen LogP contribution in [0.3, 0.4) is 0 Å². The van der Waals surface area contributed by atoms with Crippen molar-refractivity contribution in [1.29, 1.82) is 0 Å². The van der Waals surface area contributed by atoms with Gasteiger partial charge in [-0.15, -0.1) is 0 Å². The summed E-state index contributed by atoms with van der Waals surface area (Å²) in [6.07, 6.45) is 6.76. The van der Waals surface area contributed by atoms with Crippen molar-refractivity contribution in [3.63, 3.8) is 0 Å². The molecule has 0 N–H and O–H groups in total. The van der Waals surface area contributed by atoms with E-state index in [2.05, 4.69) is 11.8 Å². The molecule has 0 aromatic carbocycles. The summed E-state index contributed by atoms with van der Waals surface area (Å²) in [5, 5.41) is 0. The van der Waals surface area contributed by atoms with Crippen molar-refractivity contribution in [2.45, 2.75) is 57.5 Å². The summed E-state index contributed by atoms with van der Waals surface area (Å²) in [6, 6.07) is 1.48. The highest BCUT2D eigenvalue weighted by molar-refractivity contribution is 4.95. The molecule has 0 spiro atoms. The average Bonchev–Trinajstić information content (AvgIpc) is 2.38. The van der Waals surface area contributed by atoms with E-state index >= 15 is 0 Å². The van der Waals surface area contributed by atoms with Crippen molar-refractivity contribution < 1.29 is 9.47 Å². The van der Waals surface area contributed by atoms with Crippen LogP contribution in [0.5, 0.6) is 0 Å². The van der Waals surface area contributed by atoms with Gasteiger partial charge in [0.2, 0.25) is 6.41 Å². The smallest absolute Gasteiger partial charge is 0.223 e. The van der Waals surface area contributed by atoms with Gasteiger partial charge in [0.15, 0.2) is 6.79 Å². The van der Waals surface area contributed by atoms with Crippen LogP contribution >= 0.6 is 0 Å². The van der Waals surface area contributed by atoms with E-state index in [1.54, 1.807) is 0 Å². The Hall–Kier alpha value is -0.120. The Bertz CT molecular complexity index is 203. The van der Waals surface area contributed by atoms with Crippen molar-refractivity contribution in [2.75, 3.05) is 6.79 Å². The van der Waals surface area contributed by atoms with E-state index < -0.39 is 0 Å². The van der Waals surface area contributed by atoms with Crippen LogP contribution in [-0.2, 0) is 9.47 Å². The lowest BCUT2D eigenvalue weighted by Crippen LogP contribution is -2.55. The lowest BCUT2D eigenvalue weighted by molar-refractivity contribution is -0.386. The molecule has 3 rings (SSSR count). The van der Waals surface area contributed by atoms with Crippen molar-refractivity contribution in [3.8, 4) is 0 Å². The minimum atomic E-state index is 0.00491. The first kappa shape index (κ1) is 9.13. The number of piperidine rings is 1. The van der Waals surface area contributed by atoms with Crippen LogP contribution in [0.4, 0.5) is 0 Å². The van der Waals surface area contributed by atoms with Gasteiger partial charge in [-0.05, 0) is 31.6 Å². The molecule has 3 heterocycles. The molecule has 0 saturated carbocycles. The summed E-state index contributed by atoms with van der Waals surface area (Å²) in [5.41, 5.74) is 0. The number of fused-ring (bicyclic) bond motifs is 2. The Morgan fingerprint density at radius 1 is 1.14 bits per heavy atom. The van der Waals surface area contributed by atoms with E-state index in [-0.39, 0.29) is 6.41 Å². The SMILES string of the molecule is CCC1C[C@H]2CC[C@@H](C1)N2C1OCO1. The van der Waals surface area contributed by atoms with Gasteiger partial charge in [-0.3, -0.25) is 0 Å². The number of rotatable bonds is 2. The molecule has 0 aromatic rings. The van der Waals surface area contributed by atoms with Crippen molar-refractivity contribution in [3.05, 3.63) is 0 Å². The summed E-state index contributed by atoms with van der Waals surface area (Å²) in [6.45, 7) is 2.81. The first-order chi connectivity index (χ1) is 6.88. The molecular weight excluding hydrogens is 178 g/mol. The Morgan fingerprint density at radius 2 is 1.79 bits per heavy atom. The summed E-state index contributed by atoms with van der Waals surface area (Å²) in [7, 11) is 0. The minimum absolute atomic E-state index is 0.00491. The third-order valence-corrected chi connectivity index (χ3v) is 4.13. The summed E-state index contributed by atoms with van der Waals surface area (Å²) in [4.78, 5) is 2.48. The molecule has 0 aromatic heterocycles. The highest BCUT2D eigenvalue weighted by Gasteiger charge is 2.46. The Labute approximate surface area is 85.4 Å². The third kappa shape index (κ3) is 1.30. The summed E-state index contributed by atoms with van der Waals surface area (Å²) < 4.78 is 10.8. The quantitative estimate of drug-likeness (QED) is 0.675. The second kappa shape index (κ2) is 3.47. The van der Waals surface area contributed by atoms with Gasteiger partial charge >= 0.3 is 0 Å². The first-order valence-corrected chi connectivity index (χ1v) is 5.89. The number of ether oxygens (including phenoxy) is 2. The normalized spacial score (nSPS) is 43.9. The van der Waals surface area contributed by atoms with Crippen LogP contribution in [0.15, 0.2) is 0 Å². The molecule has 1 unspecified atom stereocenters. The van der Waals surface area contributed by atoms with Crippen molar-refractivity contribution >= 4 is 0 Å². The largest absolute Gasteiger partial charge is 0.313 e. The highest BCUT2D eigenvalue weighted by Crippen LogP contribution is 2.42. The molecule has 14 heavy (non-hydrogen) atoms. The van der Waals surface area contributed by atoms with E-state index in [9.17, 15) is 0 Å². The summed E-state index contributed by atoms with van der Waals surface area (Å²) >= 11 is 0. The van der Waals surface area contributed by atoms with Gasteiger partial charge in [0.25, 0.3) is 0 Å². The van der Waals surface area contributed by atoms with Crippen LogP contribution in [0, 0.1) is 5.92 Å². The second-order valence-electron chi connectivity index (χ2n) is 4.84. The lowest BCUT2D eigenvalue weighted by atomic mass is 9.89. The molecular formula is C11H19NO2. The molecule has 3 atom stereocenters. The molecule has 3 aliphatic rings. The molecule has 0 aliphatic carbocycles. The van der Waals surface area contributed by atoms with Crippen LogP contribution < -0.4 is 0 Å². The topological polar surface area (TPSA) is 21.7 Å². The van der Waals surface area contributed by atoms with Crippen molar-refractivity contribution in [1.82, 2.24) is 4.90 Å². The zero-order chi connectivity index (χ0) is 9.54. The molecule has 3 fully saturated rings. The van der Waals surface area contributed by atoms with Crippen LogP contribution in [0.1, 0.15) is 39.0 Å². The van der Waals surface area contributed by atoms with E-state index in [4.69, 9.17) is 9.47 Å². The Kier molecular flexibility index (Phi) is 2.26. The number of hydrogen-bond donors (Lipinski definition) is 0. The predicted octanol–water partition coefficient (Wildman–Crippen LogP) is 1.93. The van der Waals surface area contributed by atoms with E-state index in [1.165, 1.54) is 32.1 Å². The van der Waals surface area contributed by atoms with E-state index in [1.807, 2.05) is 0 Å². The molecule has 3 heteroatoms. The van der Waals surface area contributed by atoms with E-state index in [0.29, 0.717) is 6.79 Å². The van der Waals surface area contributed by atoms with Crippen molar-refractivity contribution in [2.24, 2.45) is 5.92 Å².